The summed E-state index contributed by atoms with van der Waals surface area (Å²) in [6.45, 7) is 0.276. The van der Waals surface area contributed by atoms with E-state index in [2.05, 4.69) is 10.1 Å². The zero-order valence-electron chi connectivity index (χ0n) is 15.4. The van der Waals surface area contributed by atoms with E-state index in [9.17, 15) is 9.59 Å². The van der Waals surface area contributed by atoms with Gasteiger partial charge in [0.05, 0.1) is 23.4 Å². The molecule has 0 saturated heterocycles. The van der Waals surface area contributed by atoms with Gasteiger partial charge in [0.1, 0.15) is 12.4 Å². The SMILES string of the molecule is COC(=O)c1ccc(Cl)c(NC(=O)c2cccc(OCc3ccccc3Cl)c2)c1. The van der Waals surface area contributed by atoms with E-state index in [0.717, 1.165) is 5.56 Å². The average Bonchev–Trinajstić information content (AvgIpc) is 2.74. The van der Waals surface area contributed by atoms with Crippen LogP contribution in [0.4, 0.5) is 5.69 Å². The van der Waals surface area contributed by atoms with E-state index in [-0.39, 0.29) is 12.2 Å². The smallest absolute Gasteiger partial charge is 0.337 e. The fourth-order valence-electron chi connectivity index (χ4n) is 2.56. The number of carbonyl (C=O) groups is 2. The number of benzene rings is 3. The molecule has 0 aliphatic heterocycles. The second-order valence-corrected chi connectivity index (χ2v) is 6.86. The van der Waals surface area contributed by atoms with Crippen molar-refractivity contribution < 1.29 is 19.1 Å². The van der Waals surface area contributed by atoms with Gasteiger partial charge in [-0.15, -0.1) is 0 Å². The molecule has 0 radical (unpaired) electrons. The molecule has 3 aromatic carbocycles. The number of hydrogen-bond donors (Lipinski definition) is 1. The van der Waals surface area contributed by atoms with Crippen LogP contribution in [-0.4, -0.2) is 19.0 Å². The number of ether oxygens (including phenoxy) is 2. The summed E-state index contributed by atoms with van der Waals surface area (Å²) in [5.74, 6) is -0.392. The summed E-state index contributed by atoms with van der Waals surface area (Å²) in [5.41, 5.74) is 1.81. The molecule has 3 aromatic rings. The monoisotopic (exact) mass is 429 g/mol. The van der Waals surface area contributed by atoms with Gasteiger partial charge < -0.3 is 14.8 Å². The lowest BCUT2D eigenvalue weighted by molar-refractivity contribution is 0.0600. The number of rotatable bonds is 6. The number of hydrogen-bond acceptors (Lipinski definition) is 4. The van der Waals surface area contributed by atoms with Gasteiger partial charge in [0.2, 0.25) is 0 Å². The molecule has 1 N–H and O–H groups in total. The third-order valence-electron chi connectivity index (χ3n) is 4.08. The predicted octanol–water partition coefficient (Wildman–Crippen LogP) is 5.61. The van der Waals surface area contributed by atoms with Gasteiger partial charge in [0.15, 0.2) is 0 Å². The van der Waals surface area contributed by atoms with Crippen LogP contribution in [0.2, 0.25) is 10.0 Å². The molecular weight excluding hydrogens is 413 g/mol. The van der Waals surface area contributed by atoms with Crippen molar-refractivity contribution >= 4 is 40.8 Å². The van der Waals surface area contributed by atoms with Crippen molar-refractivity contribution in [3.63, 3.8) is 0 Å². The fraction of sp³-hybridized carbons (Fsp3) is 0.0909. The van der Waals surface area contributed by atoms with E-state index in [1.54, 1.807) is 30.3 Å². The van der Waals surface area contributed by atoms with E-state index < -0.39 is 11.9 Å². The molecule has 29 heavy (non-hydrogen) atoms. The van der Waals surface area contributed by atoms with E-state index in [4.69, 9.17) is 27.9 Å². The minimum atomic E-state index is -0.521. The second-order valence-electron chi connectivity index (χ2n) is 6.05. The standard InChI is InChI=1S/C22H17Cl2NO4/c1-28-22(27)15-9-10-19(24)20(12-15)25-21(26)14-6-4-7-17(11-14)29-13-16-5-2-3-8-18(16)23/h2-12H,13H2,1H3,(H,25,26). The van der Waals surface area contributed by atoms with Crippen LogP contribution in [0.25, 0.3) is 0 Å². The first kappa shape index (κ1) is 20.7. The van der Waals surface area contributed by atoms with Gasteiger partial charge in [-0.2, -0.15) is 0 Å². The molecule has 0 aliphatic carbocycles. The van der Waals surface area contributed by atoms with Crippen molar-refractivity contribution in [2.75, 3.05) is 12.4 Å². The summed E-state index contributed by atoms with van der Waals surface area (Å²) in [7, 11) is 1.28. The number of amides is 1. The van der Waals surface area contributed by atoms with Crippen molar-refractivity contribution in [3.8, 4) is 5.75 Å². The highest BCUT2D eigenvalue weighted by Crippen LogP contribution is 2.25. The molecule has 0 bridgehead atoms. The first-order valence-corrected chi connectivity index (χ1v) is 9.39. The topological polar surface area (TPSA) is 64.6 Å². The molecule has 3 rings (SSSR count). The van der Waals surface area contributed by atoms with Crippen LogP contribution in [0.15, 0.2) is 66.7 Å². The van der Waals surface area contributed by atoms with Crippen molar-refractivity contribution in [1.82, 2.24) is 0 Å². The van der Waals surface area contributed by atoms with Gasteiger partial charge in [-0.25, -0.2) is 4.79 Å². The van der Waals surface area contributed by atoms with Crippen LogP contribution in [0.3, 0.4) is 0 Å². The largest absolute Gasteiger partial charge is 0.489 e. The number of carbonyl (C=O) groups excluding carboxylic acids is 2. The lowest BCUT2D eigenvalue weighted by atomic mass is 10.1. The molecule has 0 atom stereocenters. The number of halogens is 2. The van der Waals surface area contributed by atoms with Crippen LogP contribution >= 0.6 is 23.2 Å². The van der Waals surface area contributed by atoms with Crippen molar-refractivity contribution in [1.29, 1.82) is 0 Å². The van der Waals surface area contributed by atoms with E-state index >= 15 is 0 Å². The van der Waals surface area contributed by atoms with Crippen LogP contribution in [0.5, 0.6) is 5.75 Å². The van der Waals surface area contributed by atoms with Crippen LogP contribution in [0.1, 0.15) is 26.3 Å². The molecule has 7 heteroatoms. The maximum atomic E-state index is 12.6. The summed E-state index contributed by atoms with van der Waals surface area (Å²) >= 11 is 12.3. The van der Waals surface area contributed by atoms with Gasteiger partial charge in [-0.3, -0.25) is 4.79 Å². The first-order chi connectivity index (χ1) is 14.0. The second kappa shape index (κ2) is 9.45. The van der Waals surface area contributed by atoms with E-state index in [1.807, 2.05) is 18.2 Å². The van der Waals surface area contributed by atoms with E-state index in [0.29, 0.717) is 27.0 Å². The molecule has 0 heterocycles. The molecule has 0 fully saturated rings. The van der Waals surface area contributed by atoms with Gasteiger partial charge in [0, 0.05) is 16.1 Å². The summed E-state index contributed by atoms with van der Waals surface area (Å²) in [6.07, 6.45) is 0. The molecule has 0 spiro atoms. The molecule has 148 valence electrons. The van der Waals surface area contributed by atoms with Crippen molar-refractivity contribution in [3.05, 3.63) is 93.5 Å². The van der Waals surface area contributed by atoms with Gasteiger partial charge in [0.25, 0.3) is 5.91 Å². The van der Waals surface area contributed by atoms with Crippen LogP contribution < -0.4 is 10.1 Å². The maximum absolute atomic E-state index is 12.6. The lowest BCUT2D eigenvalue weighted by Crippen LogP contribution is -2.13. The Morgan fingerprint density at radius 1 is 0.897 bits per heavy atom. The number of anilines is 1. The number of methoxy groups -OCH3 is 1. The van der Waals surface area contributed by atoms with Gasteiger partial charge >= 0.3 is 5.97 Å². The average molecular weight is 430 g/mol. The van der Waals surface area contributed by atoms with Gasteiger partial charge in [-0.1, -0.05) is 47.5 Å². The van der Waals surface area contributed by atoms with Crippen LogP contribution in [-0.2, 0) is 11.3 Å². The number of nitrogens with one attached hydrogen (secondary N) is 1. The molecule has 1 amide bonds. The molecule has 0 unspecified atom stereocenters. The minimum absolute atomic E-state index is 0.276. The van der Waals surface area contributed by atoms with Crippen molar-refractivity contribution in [2.45, 2.75) is 6.61 Å². The summed E-state index contributed by atoms with van der Waals surface area (Å²) in [5, 5.41) is 3.62. The third kappa shape index (κ3) is 5.28. The minimum Gasteiger partial charge on any atom is -0.489 e. The Bertz CT molecular complexity index is 1050. The fourth-order valence-corrected chi connectivity index (χ4v) is 2.92. The zero-order valence-corrected chi connectivity index (χ0v) is 17.0. The Balaban J connectivity index is 1.73. The summed E-state index contributed by atoms with van der Waals surface area (Å²) in [4.78, 5) is 24.3. The Hall–Kier alpha value is -3.02. The molecule has 5 nitrogen and oxygen atoms in total. The predicted molar refractivity (Wildman–Crippen MR) is 113 cm³/mol. The Labute approximate surface area is 178 Å². The Kier molecular flexibility index (Phi) is 6.75. The molecule has 0 aromatic heterocycles. The van der Waals surface area contributed by atoms with E-state index in [1.165, 1.54) is 25.3 Å². The summed E-state index contributed by atoms with van der Waals surface area (Å²) < 4.78 is 10.4. The zero-order chi connectivity index (χ0) is 20.8. The molecule has 0 saturated carbocycles. The maximum Gasteiger partial charge on any atom is 0.337 e. The Morgan fingerprint density at radius 3 is 2.45 bits per heavy atom. The highest BCUT2D eigenvalue weighted by atomic mass is 35.5. The summed E-state index contributed by atoms with van der Waals surface area (Å²) in [6, 6.07) is 18.6. The quantitative estimate of drug-likeness (QED) is 0.517. The third-order valence-corrected chi connectivity index (χ3v) is 4.78. The Morgan fingerprint density at radius 2 is 1.69 bits per heavy atom. The first-order valence-electron chi connectivity index (χ1n) is 8.63. The van der Waals surface area contributed by atoms with Crippen molar-refractivity contribution in [2.24, 2.45) is 0 Å². The number of esters is 1. The van der Waals surface area contributed by atoms with Crippen LogP contribution in [0, 0.1) is 0 Å². The van der Waals surface area contributed by atoms with Gasteiger partial charge in [-0.05, 0) is 42.5 Å². The highest BCUT2D eigenvalue weighted by Gasteiger charge is 2.13. The molecule has 0 aliphatic rings. The lowest BCUT2D eigenvalue weighted by Gasteiger charge is -2.11. The molecular formula is C22H17Cl2NO4. The highest BCUT2D eigenvalue weighted by molar-refractivity contribution is 6.34. The normalized spacial score (nSPS) is 10.3.